The van der Waals surface area contributed by atoms with E-state index >= 15 is 0 Å². The predicted molar refractivity (Wildman–Crippen MR) is 106 cm³/mol. The van der Waals surface area contributed by atoms with Gasteiger partial charge in [0.25, 0.3) is 0 Å². The Morgan fingerprint density at radius 1 is 0.767 bits per heavy atom. The first-order valence-corrected chi connectivity index (χ1v) is 9.88. The summed E-state index contributed by atoms with van der Waals surface area (Å²) >= 11 is 0. The van der Waals surface area contributed by atoms with Crippen LogP contribution >= 0.6 is 0 Å². The molecule has 0 N–H and O–H groups in total. The van der Waals surface area contributed by atoms with Crippen molar-refractivity contribution in [3.05, 3.63) is 82.2 Å². The lowest BCUT2D eigenvalue weighted by Gasteiger charge is -2.26. The number of benzene rings is 3. The zero-order valence-corrected chi connectivity index (χ0v) is 16.3. The molecule has 0 saturated heterocycles. The molecule has 3 aromatic carbocycles. The number of halogens is 5. The van der Waals surface area contributed by atoms with Gasteiger partial charge in [-0.3, -0.25) is 0 Å². The molecule has 1 saturated carbocycles. The lowest BCUT2D eigenvalue weighted by Crippen LogP contribution is -2.12. The molecule has 3 aromatic rings. The van der Waals surface area contributed by atoms with E-state index in [4.69, 9.17) is 0 Å². The standard InChI is InChI=1S/C25H19F5/c1-14-10-21(26)20(22(27)11-14)8-4-15-2-5-16(6-3-15)17-7-9-19-18(12-17)13-23(28)25(30)24(19)29/h7,9-13,15-16H,2-3,5-6H2,1H3. The fraction of sp³-hybridized carbons (Fsp3) is 0.280. The second kappa shape index (κ2) is 8.10. The van der Waals surface area contributed by atoms with Crippen LogP contribution in [0.1, 0.15) is 48.3 Å². The second-order valence-corrected chi connectivity index (χ2v) is 7.89. The van der Waals surface area contributed by atoms with Gasteiger partial charge in [0.05, 0.1) is 5.56 Å². The average molecular weight is 414 g/mol. The molecule has 1 aliphatic rings. The van der Waals surface area contributed by atoms with Gasteiger partial charge >= 0.3 is 0 Å². The Balaban J connectivity index is 1.49. The van der Waals surface area contributed by atoms with Crippen LogP contribution in [0, 0.1) is 53.8 Å². The van der Waals surface area contributed by atoms with Crippen LogP contribution < -0.4 is 0 Å². The van der Waals surface area contributed by atoms with Crippen molar-refractivity contribution in [3.8, 4) is 11.8 Å². The maximum absolute atomic E-state index is 13.9. The van der Waals surface area contributed by atoms with Gasteiger partial charge in [0.1, 0.15) is 11.6 Å². The first kappa shape index (κ1) is 20.4. The maximum atomic E-state index is 13.9. The van der Waals surface area contributed by atoms with Gasteiger partial charge in [-0.1, -0.05) is 30.0 Å². The van der Waals surface area contributed by atoms with E-state index in [0.717, 1.165) is 37.3 Å². The first-order valence-electron chi connectivity index (χ1n) is 9.88. The summed E-state index contributed by atoms with van der Waals surface area (Å²) in [5.41, 5.74) is 1.25. The molecule has 0 atom stereocenters. The highest BCUT2D eigenvalue weighted by atomic mass is 19.2. The van der Waals surface area contributed by atoms with E-state index in [9.17, 15) is 22.0 Å². The Morgan fingerprint density at radius 3 is 2.10 bits per heavy atom. The Hall–Kier alpha value is -2.87. The molecule has 30 heavy (non-hydrogen) atoms. The van der Waals surface area contributed by atoms with E-state index in [-0.39, 0.29) is 22.8 Å². The summed E-state index contributed by atoms with van der Waals surface area (Å²) in [7, 11) is 0. The number of fused-ring (bicyclic) bond motifs is 1. The number of hydrogen-bond donors (Lipinski definition) is 0. The number of rotatable bonds is 1. The van der Waals surface area contributed by atoms with Gasteiger partial charge in [-0.2, -0.15) is 0 Å². The molecule has 4 rings (SSSR count). The fourth-order valence-corrected chi connectivity index (χ4v) is 4.14. The van der Waals surface area contributed by atoms with E-state index in [1.54, 1.807) is 19.1 Å². The monoisotopic (exact) mass is 414 g/mol. The van der Waals surface area contributed by atoms with E-state index < -0.39 is 29.1 Å². The Bertz CT molecular complexity index is 1150. The molecule has 0 heterocycles. The molecular weight excluding hydrogens is 395 g/mol. The minimum Gasteiger partial charge on any atom is -0.206 e. The molecule has 0 unspecified atom stereocenters. The van der Waals surface area contributed by atoms with E-state index in [0.29, 0.717) is 10.9 Å². The summed E-state index contributed by atoms with van der Waals surface area (Å²) in [6.07, 6.45) is 3.12. The highest BCUT2D eigenvalue weighted by Gasteiger charge is 2.22. The normalized spacial score (nSPS) is 18.9. The highest BCUT2D eigenvalue weighted by Crippen LogP contribution is 2.37. The van der Waals surface area contributed by atoms with Crippen molar-refractivity contribution in [1.82, 2.24) is 0 Å². The second-order valence-electron chi connectivity index (χ2n) is 7.89. The molecule has 0 aromatic heterocycles. The van der Waals surface area contributed by atoms with E-state index in [1.165, 1.54) is 18.2 Å². The third-order valence-corrected chi connectivity index (χ3v) is 5.78. The smallest absolute Gasteiger partial charge is 0.195 e. The lowest BCUT2D eigenvalue weighted by atomic mass is 9.78. The molecule has 0 nitrogen and oxygen atoms in total. The third-order valence-electron chi connectivity index (χ3n) is 5.78. The van der Waals surface area contributed by atoms with Crippen LogP contribution in [0.3, 0.4) is 0 Å². The van der Waals surface area contributed by atoms with Crippen LogP contribution in [-0.2, 0) is 0 Å². The summed E-state index contributed by atoms with van der Waals surface area (Å²) in [5.74, 6) is 0.728. The van der Waals surface area contributed by atoms with Crippen molar-refractivity contribution in [2.75, 3.05) is 0 Å². The highest BCUT2D eigenvalue weighted by molar-refractivity contribution is 5.84. The topological polar surface area (TPSA) is 0 Å². The van der Waals surface area contributed by atoms with Crippen molar-refractivity contribution in [3.63, 3.8) is 0 Å². The van der Waals surface area contributed by atoms with Gasteiger partial charge in [0.15, 0.2) is 17.5 Å². The molecule has 1 fully saturated rings. The van der Waals surface area contributed by atoms with Crippen molar-refractivity contribution >= 4 is 10.8 Å². The minimum absolute atomic E-state index is 0.0331. The van der Waals surface area contributed by atoms with Gasteiger partial charge in [0, 0.05) is 11.3 Å². The van der Waals surface area contributed by atoms with Gasteiger partial charge in [-0.15, -0.1) is 0 Å². The Kier molecular flexibility index (Phi) is 5.51. The zero-order chi connectivity index (χ0) is 21.4. The fourth-order valence-electron chi connectivity index (χ4n) is 4.14. The average Bonchev–Trinajstić information content (AvgIpc) is 2.71. The van der Waals surface area contributed by atoms with E-state index in [1.807, 2.05) is 0 Å². The van der Waals surface area contributed by atoms with Gasteiger partial charge in [-0.05, 0) is 73.2 Å². The summed E-state index contributed by atoms with van der Waals surface area (Å²) in [5, 5.41) is 0.385. The van der Waals surface area contributed by atoms with Crippen LogP contribution in [0.25, 0.3) is 10.8 Å². The van der Waals surface area contributed by atoms with Crippen molar-refractivity contribution in [2.24, 2.45) is 5.92 Å². The summed E-state index contributed by atoms with van der Waals surface area (Å²) in [6.45, 7) is 1.62. The largest absolute Gasteiger partial charge is 0.206 e. The van der Waals surface area contributed by atoms with Crippen LogP contribution in [0.15, 0.2) is 36.4 Å². The summed E-state index contributed by atoms with van der Waals surface area (Å²) in [4.78, 5) is 0. The summed E-state index contributed by atoms with van der Waals surface area (Å²) < 4.78 is 68.8. The maximum Gasteiger partial charge on any atom is 0.195 e. The molecule has 154 valence electrons. The SMILES string of the molecule is Cc1cc(F)c(C#CC2CCC(c3ccc4c(F)c(F)c(F)cc4c3)CC2)c(F)c1. The third kappa shape index (κ3) is 3.92. The van der Waals surface area contributed by atoms with Crippen LogP contribution in [0.4, 0.5) is 22.0 Å². The van der Waals surface area contributed by atoms with Crippen LogP contribution in [0.2, 0.25) is 0 Å². The van der Waals surface area contributed by atoms with Gasteiger partial charge in [-0.25, -0.2) is 22.0 Å². The van der Waals surface area contributed by atoms with Crippen molar-refractivity contribution < 1.29 is 22.0 Å². The minimum atomic E-state index is -1.46. The first-order chi connectivity index (χ1) is 14.3. The quantitative estimate of drug-likeness (QED) is 0.225. The molecule has 0 amide bonds. The Labute approximate surface area is 171 Å². The number of aryl methyl sites for hydroxylation is 1. The predicted octanol–water partition coefficient (Wildman–Crippen LogP) is 7.17. The molecular formula is C25H19F5. The molecule has 0 spiro atoms. The van der Waals surface area contributed by atoms with Crippen molar-refractivity contribution in [1.29, 1.82) is 0 Å². The molecule has 0 aliphatic heterocycles. The van der Waals surface area contributed by atoms with Gasteiger partial charge in [0.2, 0.25) is 0 Å². The summed E-state index contributed by atoms with van der Waals surface area (Å²) in [6, 6.07) is 8.48. The molecule has 5 heteroatoms. The molecule has 0 bridgehead atoms. The Morgan fingerprint density at radius 2 is 1.43 bits per heavy atom. The lowest BCUT2D eigenvalue weighted by molar-refractivity contribution is 0.385. The molecule has 1 aliphatic carbocycles. The van der Waals surface area contributed by atoms with Gasteiger partial charge < -0.3 is 0 Å². The molecule has 0 radical (unpaired) electrons. The van der Waals surface area contributed by atoms with E-state index in [2.05, 4.69) is 11.8 Å². The van der Waals surface area contributed by atoms with Crippen LogP contribution in [0.5, 0.6) is 0 Å². The van der Waals surface area contributed by atoms with Crippen LogP contribution in [-0.4, -0.2) is 0 Å². The van der Waals surface area contributed by atoms with Crippen molar-refractivity contribution in [2.45, 2.75) is 38.5 Å². The zero-order valence-electron chi connectivity index (χ0n) is 16.3. The number of hydrogen-bond acceptors (Lipinski definition) is 0.